The molecule has 0 aliphatic carbocycles. The smallest absolute Gasteiger partial charge is 0.337 e. The van der Waals surface area contributed by atoms with Gasteiger partial charge in [-0.15, -0.1) is 0 Å². The molecule has 0 aliphatic rings. The summed E-state index contributed by atoms with van der Waals surface area (Å²) in [4.78, 5) is 15.5. The van der Waals surface area contributed by atoms with E-state index in [9.17, 15) is 9.90 Å². The highest BCUT2D eigenvalue weighted by molar-refractivity contribution is 6.31. The summed E-state index contributed by atoms with van der Waals surface area (Å²) in [5.41, 5.74) is 1.48. The Kier molecular flexibility index (Phi) is 3.03. The van der Waals surface area contributed by atoms with Crippen LogP contribution in [0.1, 0.15) is 36.7 Å². The van der Waals surface area contributed by atoms with Gasteiger partial charge in [0.05, 0.1) is 11.1 Å². The first-order valence-electron chi connectivity index (χ1n) is 5.63. The van der Waals surface area contributed by atoms with Gasteiger partial charge in [0, 0.05) is 16.6 Å². The summed E-state index contributed by atoms with van der Waals surface area (Å²) in [6.45, 7) is 5.97. The zero-order valence-corrected chi connectivity index (χ0v) is 11.2. The molecule has 18 heavy (non-hydrogen) atoms. The minimum absolute atomic E-state index is 0.248. The molecule has 0 fully saturated rings. The Bertz CT molecular complexity index is 629. The molecule has 94 valence electrons. The summed E-state index contributed by atoms with van der Waals surface area (Å²) >= 11 is 5.93. The van der Waals surface area contributed by atoms with Gasteiger partial charge in [-0.05, 0) is 23.1 Å². The van der Waals surface area contributed by atoms with Gasteiger partial charge >= 0.3 is 5.97 Å². The van der Waals surface area contributed by atoms with Crippen molar-refractivity contribution in [2.24, 2.45) is 0 Å². The van der Waals surface area contributed by atoms with Gasteiger partial charge < -0.3 is 5.11 Å². The monoisotopic (exact) mass is 263 g/mol. The van der Waals surface area contributed by atoms with Crippen molar-refractivity contribution in [1.29, 1.82) is 0 Å². The van der Waals surface area contributed by atoms with Gasteiger partial charge in [0.25, 0.3) is 0 Å². The molecule has 0 saturated heterocycles. The minimum Gasteiger partial charge on any atom is -0.478 e. The van der Waals surface area contributed by atoms with Crippen LogP contribution in [0.2, 0.25) is 5.02 Å². The Morgan fingerprint density at radius 2 is 2.00 bits per heavy atom. The highest BCUT2D eigenvalue weighted by Crippen LogP contribution is 2.33. The number of halogens is 1. The summed E-state index contributed by atoms with van der Waals surface area (Å²) in [6, 6.07) is 5.34. The fourth-order valence-electron chi connectivity index (χ4n) is 2.14. The van der Waals surface area contributed by atoms with Crippen molar-refractivity contribution >= 4 is 28.5 Å². The van der Waals surface area contributed by atoms with E-state index in [4.69, 9.17) is 11.6 Å². The van der Waals surface area contributed by atoms with Crippen LogP contribution in [0.15, 0.2) is 24.4 Å². The molecule has 4 heteroatoms. The van der Waals surface area contributed by atoms with Crippen molar-refractivity contribution in [1.82, 2.24) is 4.98 Å². The second-order valence-electron chi connectivity index (χ2n) is 5.26. The van der Waals surface area contributed by atoms with Crippen molar-refractivity contribution in [2.75, 3.05) is 0 Å². The van der Waals surface area contributed by atoms with Gasteiger partial charge in [0.2, 0.25) is 0 Å². The first-order valence-corrected chi connectivity index (χ1v) is 6.00. The van der Waals surface area contributed by atoms with E-state index in [1.807, 2.05) is 26.8 Å². The van der Waals surface area contributed by atoms with E-state index in [1.54, 1.807) is 12.1 Å². The van der Waals surface area contributed by atoms with Crippen LogP contribution in [0.25, 0.3) is 10.9 Å². The molecular formula is C14H14ClNO2. The van der Waals surface area contributed by atoms with E-state index in [0.717, 1.165) is 16.5 Å². The molecule has 0 amide bonds. The maximum Gasteiger partial charge on any atom is 0.337 e. The fourth-order valence-corrected chi connectivity index (χ4v) is 2.30. The van der Waals surface area contributed by atoms with Gasteiger partial charge in [-0.25, -0.2) is 4.79 Å². The predicted molar refractivity (Wildman–Crippen MR) is 72.4 cm³/mol. The van der Waals surface area contributed by atoms with Crippen molar-refractivity contribution in [2.45, 2.75) is 26.2 Å². The molecule has 1 N–H and O–H groups in total. The molecule has 1 aromatic heterocycles. The number of carbonyl (C=O) groups is 1. The highest BCUT2D eigenvalue weighted by Gasteiger charge is 2.24. The molecule has 2 aromatic rings. The molecule has 2 rings (SSSR count). The van der Waals surface area contributed by atoms with Gasteiger partial charge in [-0.3, -0.25) is 4.98 Å². The van der Waals surface area contributed by atoms with Gasteiger partial charge in [-0.1, -0.05) is 38.4 Å². The number of fused-ring (bicyclic) bond motifs is 1. The van der Waals surface area contributed by atoms with Crippen molar-refractivity contribution in [3.05, 3.63) is 40.5 Å². The number of pyridine rings is 1. The van der Waals surface area contributed by atoms with E-state index < -0.39 is 5.97 Å². The average Bonchev–Trinajstić information content (AvgIpc) is 2.25. The molecule has 0 radical (unpaired) electrons. The van der Waals surface area contributed by atoms with E-state index in [2.05, 4.69) is 4.98 Å². The SMILES string of the molecule is CC(C)(C)c1c(C(=O)O)cnc2cc(Cl)ccc12. The zero-order chi connectivity index (χ0) is 13.5. The molecule has 0 atom stereocenters. The Morgan fingerprint density at radius 3 is 2.56 bits per heavy atom. The zero-order valence-electron chi connectivity index (χ0n) is 10.5. The van der Waals surface area contributed by atoms with Gasteiger partial charge in [0.1, 0.15) is 0 Å². The molecule has 1 heterocycles. The largest absolute Gasteiger partial charge is 0.478 e. The summed E-state index contributed by atoms with van der Waals surface area (Å²) < 4.78 is 0. The standard InChI is InChI=1S/C14H14ClNO2/c1-14(2,3)12-9-5-4-8(15)6-11(9)16-7-10(12)13(17)18/h4-7H,1-3H3,(H,17,18). The molecule has 0 aliphatic heterocycles. The van der Waals surface area contributed by atoms with E-state index in [-0.39, 0.29) is 11.0 Å². The number of aromatic nitrogens is 1. The summed E-state index contributed by atoms with van der Waals surface area (Å²) in [5, 5.41) is 10.7. The highest BCUT2D eigenvalue weighted by atomic mass is 35.5. The van der Waals surface area contributed by atoms with Crippen molar-refractivity contribution < 1.29 is 9.90 Å². The van der Waals surface area contributed by atoms with Crippen LogP contribution < -0.4 is 0 Å². The molecule has 0 saturated carbocycles. The Hall–Kier alpha value is -1.61. The van der Waals surface area contributed by atoms with Gasteiger partial charge in [0.15, 0.2) is 0 Å². The van der Waals surface area contributed by atoms with Crippen LogP contribution in [-0.4, -0.2) is 16.1 Å². The van der Waals surface area contributed by atoms with Crippen LogP contribution in [0.3, 0.4) is 0 Å². The predicted octanol–water partition coefficient (Wildman–Crippen LogP) is 3.88. The lowest BCUT2D eigenvalue weighted by molar-refractivity contribution is 0.0694. The van der Waals surface area contributed by atoms with Crippen molar-refractivity contribution in [3.8, 4) is 0 Å². The Labute approximate surface area is 110 Å². The van der Waals surface area contributed by atoms with Crippen molar-refractivity contribution in [3.63, 3.8) is 0 Å². The second kappa shape index (κ2) is 4.25. The number of hydrogen-bond acceptors (Lipinski definition) is 2. The van der Waals surface area contributed by atoms with Crippen LogP contribution >= 0.6 is 11.6 Å². The lowest BCUT2D eigenvalue weighted by atomic mass is 9.82. The molecule has 0 bridgehead atoms. The normalized spacial score (nSPS) is 11.8. The van der Waals surface area contributed by atoms with E-state index in [0.29, 0.717) is 5.02 Å². The third kappa shape index (κ3) is 2.18. The molecule has 0 unspecified atom stereocenters. The summed E-state index contributed by atoms with van der Waals surface area (Å²) in [7, 11) is 0. The maximum atomic E-state index is 11.3. The number of carboxylic acid groups (broad SMARTS) is 1. The third-order valence-electron chi connectivity index (χ3n) is 2.81. The lowest BCUT2D eigenvalue weighted by Crippen LogP contribution is -2.18. The van der Waals surface area contributed by atoms with Crippen LogP contribution in [0.5, 0.6) is 0 Å². The topological polar surface area (TPSA) is 50.2 Å². The third-order valence-corrected chi connectivity index (χ3v) is 3.05. The van der Waals surface area contributed by atoms with E-state index in [1.165, 1.54) is 6.20 Å². The lowest BCUT2D eigenvalue weighted by Gasteiger charge is -2.23. The number of nitrogens with zero attached hydrogens (tertiary/aromatic N) is 1. The molecule has 3 nitrogen and oxygen atoms in total. The number of benzene rings is 1. The fraction of sp³-hybridized carbons (Fsp3) is 0.286. The second-order valence-corrected chi connectivity index (χ2v) is 5.70. The van der Waals surface area contributed by atoms with Gasteiger partial charge in [-0.2, -0.15) is 0 Å². The first kappa shape index (κ1) is 12.8. The van der Waals surface area contributed by atoms with Crippen LogP contribution in [-0.2, 0) is 5.41 Å². The molecular weight excluding hydrogens is 250 g/mol. The Balaban J connectivity index is 2.90. The summed E-state index contributed by atoms with van der Waals surface area (Å²) in [5.74, 6) is -0.954. The number of aromatic carboxylic acids is 1. The average molecular weight is 264 g/mol. The number of carboxylic acids is 1. The van der Waals surface area contributed by atoms with Crippen LogP contribution in [0, 0.1) is 0 Å². The number of rotatable bonds is 1. The Morgan fingerprint density at radius 1 is 1.33 bits per heavy atom. The van der Waals surface area contributed by atoms with E-state index >= 15 is 0 Å². The minimum atomic E-state index is -0.954. The summed E-state index contributed by atoms with van der Waals surface area (Å²) in [6.07, 6.45) is 1.40. The molecule has 0 spiro atoms. The first-order chi connectivity index (χ1) is 8.30. The maximum absolute atomic E-state index is 11.3. The quantitative estimate of drug-likeness (QED) is 0.849. The number of hydrogen-bond donors (Lipinski definition) is 1. The van der Waals surface area contributed by atoms with Crippen LogP contribution in [0.4, 0.5) is 0 Å². The molecule has 1 aromatic carbocycles.